The van der Waals surface area contributed by atoms with Crippen molar-refractivity contribution in [3.63, 3.8) is 0 Å². The summed E-state index contributed by atoms with van der Waals surface area (Å²) in [7, 11) is 0. The molecule has 11 rings (SSSR count). The van der Waals surface area contributed by atoms with Gasteiger partial charge >= 0.3 is 0 Å². The van der Waals surface area contributed by atoms with E-state index in [0.717, 1.165) is 72.0 Å². The molecule has 0 N–H and O–H groups in total. The van der Waals surface area contributed by atoms with Gasteiger partial charge in [0, 0.05) is 49.6 Å². The third kappa shape index (κ3) is 5.53. The Morgan fingerprint density at radius 2 is 0.793 bits per heavy atom. The van der Waals surface area contributed by atoms with Crippen LogP contribution in [-0.4, -0.2) is 24.1 Å². The van der Waals surface area contributed by atoms with Crippen LogP contribution in [0.5, 0.6) is 0 Å². The van der Waals surface area contributed by atoms with Gasteiger partial charge in [0.05, 0.1) is 33.7 Å². The molecule has 0 unspecified atom stereocenters. The monoisotopic (exact) mass is 740 g/mol. The van der Waals surface area contributed by atoms with E-state index in [1.54, 1.807) is 0 Å². The lowest BCUT2D eigenvalue weighted by molar-refractivity contribution is 1.07. The Labute approximate surface area is 334 Å². The van der Waals surface area contributed by atoms with E-state index in [9.17, 15) is 5.26 Å². The Hall–Kier alpha value is -8.14. The number of aromatic nitrogens is 5. The molecule has 8 aromatic carbocycles. The Balaban J connectivity index is 1.20. The maximum Gasteiger partial charge on any atom is 0.164 e. The molecule has 0 aliphatic heterocycles. The van der Waals surface area contributed by atoms with E-state index in [0.29, 0.717) is 23.0 Å². The normalized spacial score (nSPS) is 11.4. The molecular formula is C52H32N6. The van der Waals surface area contributed by atoms with Crippen LogP contribution >= 0.6 is 0 Å². The zero-order chi connectivity index (χ0) is 38.6. The summed E-state index contributed by atoms with van der Waals surface area (Å²) in [5.41, 5.74) is 11.6. The minimum atomic E-state index is 0.555. The lowest BCUT2D eigenvalue weighted by Crippen LogP contribution is -2.02. The van der Waals surface area contributed by atoms with E-state index in [1.807, 2.05) is 84.9 Å². The van der Waals surface area contributed by atoms with Crippen molar-refractivity contribution < 1.29 is 0 Å². The summed E-state index contributed by atoms with van der Waals surface area (Å²) in [5, 5.41) is 14.7. The third-order valence-electron chi connectivity index (χ3n) is 11.0. The van der Waals surface area contributed by atoms with Gasteiger partial charge in [0.1, 0.15) is 0 Å². The van der Waals surface area contributed by atoms with Crippen molar-refractivity contribution in [3.8, 4) is 62.7 Å². The second-order valence-electron chi connectivity index (χ2n) is 14.4. The largest absolute Gasteiger partial charge is 0.309 e. The first-order valence-electron chi connectivity index (χ1n) is 19.3. The first-order chi connectivity index (χ1) is 28.7. The number of rotatable bonds is 6. The van der Waals surface area contributed by atoms with Crippen LogP contribution in [0, 0.1) is 11.3 Å². The van der Waals surface area contributed by atoms with Gasteiger partial charge in [-0.15, -0.1) is 0 Å². The average molecular weight is 741 g/mol. The summed E-state index contributed by atoms with van der Waals surface area (Å²) < 4.78 is 4.71. The minimum Gasteiger partial charge on any atom is -0.309 e. The molecule has 3 heterocycles. The van der Waals surface area contributed by atoms with Crippen molar-refractivity contribution in [2.24, 2.45) is 0 Å². The standard InChI is InChI=1S/C52H32N6/c53-33-34-14-13-19-37(28-34)38-29-39(52-55-50(35-15-3-1-4-16-35)54-51(56-52)36-17-5-2-6-18-36)31-41(30-38)58-48-25-12-9-22-44(48)45-27-26-40(32-49(45)58)57-46-23-10-7-20-42(46)43-21-8-11-24-47(43)57/h1-32H. The number of para-hydroxylation sites is 3. The van der Waals surface area contributed by atoms with Crippen molar-refractivity contribution in [1.82, 2.24) is 24.1 Å². The topological polar surface area (TPSA) is 72.3 Å². The molecule has 270 valence electrons. The van der Waals surface area contributed by atoms with Crippen molar-refractivity contribution in [1.29, 1.82) is 5.26 Å². The van der Waals surface area contributed by atoms with Crippen molar-refractivity contribution in [2.45, 2.75) is 0 Å². The molecule has 0 amide bonds. The lowest BCUT2D eigenvalue weighted by Gasteiger charge is -2.15. The Morgan fingerprint density at radius 3 is 1.36 bits per heavy atom. The number of nitriles is 1. The number of hydrogen-bond donors (Lipinski definition) is 0. The number of benzene rings is 8. The summed E-state index contributed by atoms with van der Waals surface area (Å²) in [6.45, 7) is 0. The molecule has 0 saturated carbocycles. The Kier molecular flexibility index (Phi) is 7.76. The zero-order valence-electron chi connectivity index (χ0n) is 31.2. The first-order valence-corrected chi connectivity index (χ1v) is 19.3. The van der Waals surface area contributed by atoms with E-state index in [2.05, 4.69) is 124 Å². The fourth-order valence-electron chi connectivity index (χ4n) is 8.32. The lowest BCUT2D eigenvalue weighted by atomic mass is 9.99. The minimum absolute atomic E-state index is 0.555. The maximum atomic E-state index is 9.91. The van der Waals surface area contributed by atoms with Crippen molar-refractivity contribution in [2.75, 3.05) is 0 Å². The van der Waals surface area contributed by atoms with Gasteiger partial charge in [0.2, 0.25) is 0 Å². The molecule has 0 fully saturated rings. The van der Waals surface area contributed by atoms with Crippen molar-refractivity contribution >= 4 is 43.6 Å². The Bertz CT molecular complexity index is 3300. The molecule has 3 aromatic heterocycles. The zero-order valence-corrected chi connectivity index (χ0v) is 31.2. The van der Waals surface area contributed by atoms with E-state index in [-0.39, 0.29) is 0 Å². The molecule has 6 heteroatoms. The fraction of sp³-hybridized carbons (Fsp3) is 0. The second-order valence-corrected chi connectivity index (χ2v) is 14.4. The molecule has 0 aliphatic carbocycles. The summed E-state index contributed by atoms with van der Waals surface area (Å²) in [5.74, 6) is 1.74. The molecule has 0 atom stereocenters. The summed E-state index contributed by atoms with van der Waals surface area (Å²) in [4.78, 5) is 15.2. The van der Waals surface area contributed by atoms with Gasteiger partial charge in [-0.1, -0.05) is 133 Å². The van der Waals surface area contributed by atoms with Crippen LogP contribution in [0.25, 0.3) is 100 Å². The molecule has 0 bridgehead atoms. The van der Waals surface area contributed by atoms with Gasteiger partial charge in [-0.2, -0.15) is 5.26 Å². The van der Waals surface area contributed by atoms with Crippen molar-refractivity contribution in [3.05, 3.63) is 200 Å². The van der Waals surface area contributed by atoms with E-state index < -0.39 is 0 Å². The molecule has 58 heavy (non-hydrogen) atoms. The highest BCUT2D eigenvalue weighted by molar-refractivity contribution is 6.12. The molecule has 0 aliphatic rings. The van der Waals surface area contributed by atoms with Gasteiger partial charge in [0.15, 0.2) is 17.5 Å². The van der Waals surface area contributed by atoms with Crippen LogP contribution in [0.3, 0.4) is 0 Å². The van der Waals surface area contributed by atoms with Crippen LogP contribution in [0.4, 0.5) is 0 Å². The third-order valence-corrected chi connectivity index (χ3v) is 11.0. The molecule has 0 radical (unpaired) electrons. The highest BCUT2D eigenvalue weighted by Crippen LogP contribution is 2.39. The maximum absolute atomic E-state index is 9.91. The van der Waals surface area contributed by atoms with Crippen LogP contribution in [0.15, 0.2) is 194 Å². The predicted molar refractivity (Wildman–Crippen MR) is 235 cm³/mol. The van der Waals surface area contributed by atoms with Gasteiger partial charge in [0.25, 0.3) is 0 Å². The SMILES string of the molecule is N#Cc1cccc(-c2cc(-c3nc(-c4ccccc4)nc(-c4ccccc4)n3)cc(-n3c4ccccc4c4ccc(-n5c6ccccc6c6ccccc65)cc43)c2)c1. The van der Waals surface area contributed by atoms with Crippen LogP contribution < -0.4 is 0 Å². The first kappa shape index (κ1) is 33.2. The van der Waals surface area contributed by atoms with Gasteiger partial charge in [-0.05, 0) is 71.8 Å². The van der Waals surface area contributed by atoms with Gasteiger partial charge in [-0.25, -0.2) is 15.0 Å². The van der Waals surface area contributed by atoms with E-state index >= 15 is 0 Å². The molecular weight excluding hydrogens is 709 g/mol. The highest BCUT2D eigenvalue weighted by Gasteiger charge is 2.19. The van der Waals surface area contributed by atoms with Gasteiger partial charge < -0.3 is 9.13 Å². The van der Waals surface area contributed by atoms with Gasteiger partial charge in [-0.3, -0.25) is 0 Å². The Morgan fingerprint density at radius 1 is 0.328 bits per heavy atom. The average Bonchev–Trinajstić information content (AvgIpc) is 3.82. The summed E-state index contributed by atoms with van der Waals surface area (Å²) in [6.07, 6.45) is 0. The molecule has 6 nitrogen and oxygen atoms in total. The predicted octanol–water partition coefficient (Wildman–Crippen LogP) is 12.6. The van der Waals surface area contributed by atoms with Crippen LogP contribution in [-0.2, 0) is 0 Å². The number of nitrogens with zero attached hydrogens (tertiary/aromatic N) is 6. The summed E-state index contributed by atoms with van der Waals surface area (Å²) in [6, 6.07) is 69.2. The summed E-state index contributed by atoms with van der Waals surface area (Å²) >= 11 is 0. The molecule has 11 aromatic rings. The number of fused-ring (bicyclic) bond motifs is 6. The van der Waals surface area contributed by atoms with E-state index in [4.69, 9.17) is 15.0 Å². The smallest absolute Gasteiger partial charge is 0.164 e. The quantitative estimate of drug-likeness (QED) is 0.170. The van der Waals surface area contributed by atoms with E-state index in [1.165, 1.54) is 10.8 Å². The molecule has 0 saturated heterocycles. The second kappa shape index (κ2) is 13.6. The van der Waals surface area contributed by atoms with Crippen LogP contribution in [0.1, 0.15) is 5.56 Å². The highest BCUT2D eigenvalue weighted by atomic mass is 15.0. The number of hydrogen-bond acceptors (Lipinski definition) is 4. The fourth-order valence-corrected chi connectivity index (χ4v) is 8.32. The molecule has 0 spiro atoms. The van der Waals surface area contributed by atoms with Crippen LogP contribution in [0.2, 0.25) is 0 Å².